The van der Waals surface area contributed by atoms with Crippen molar-refractivity contribution in [2.45, 2.75) is 47.1 Å². The molecule has 2 amide bonds. The normalized spacial score (nSPS) is 16.3. The van der Waals surface area contributed by atoms with Gasteiger partial charge in [-0.15, -0.1) is 0 Å². The van der Waals surface area contributed by atoms with Crippen molar-refractivity contribution in [3.8, 4) is 0 Å². The standard InChI is InChI=1S/C22H26N2O2/c1-14-10-11-18(12-15(14)2)23-20(25)22(4,5)21(26)24-16(3)13-17-8-6-7-9-19(17)24/h6-12,16H,13H2,1-5H3,(H,23,25). The second-order valence-electron chi connectivity index (χ2n) is 7.74. The Hall–Kier alpha value is -2.62. The first-order valence-corrected chi connectivity index (χ1v) is 9.02. The number of nitrogens with one attached hydrogen (secondary N) is 1. The number of aryl methyl sites for hydroxylation is 2. The van der Waals surface area contributed by atoms with Crippen molar-refractivity contribution in [2.75, 3.05) is 10.2 Å². The summed E-state index contributed by atoms with van der Waals surface area (Å²) in [7, 11) is 0. The Morgan fingerprint density at radius 1 is 1.08 bits per heavy atom. The van der Waals surface area contributed by atoms with Crippen LogP contribution in [-0.4, -0.2) is 17.9 Å². The van der Waals surface area contributed by atoms with Crippen LogP contribution < -0.4 is 10.2 Å². The summed E-state index contributed by atoms with van der Waals surface area (Å²) in [5.41, 5.74) is 3.89. The summed E-state index contributed by atoms with van der Waals surface area (Å²) in [6.45, 7) is 9.44. The van der Waals surface area contributed by atoms with E-state index in [0.29, 0.717) is 5.69 Å². The van der Waals surface area contributed by atoms with E-state index in [-0.39, 0.29) is 17.9 Å². The topological polar surface area (TPSA) is 49.4 Å². The summed E-state index contributed by atoms with van der Waals surface area (Å²) >= 11 is 0. The quantitative estimate of drug-likeness (QED) is 0.842. The van der Waals surface area contributed by atoms with E-state index < -0.39 is 5.41 Å². The van der Waals surface area contributed by atoms with Gasteiger partial charge in [0.05, 0.1) is 0 Å². The number of hydrogen-bond donors (Lipinski definition) is 1. The molecule has 4 heteroatoms. The molecule has 0 bridgehead atoms. The van der Waals surface area contributed by atoms with Crippen molar-refractivity contribution < 1.29 is 9.59 Å². The van der Waals surface area contributed by atoms with Crippen molar-refractivity contribution in [3.63, 3.8) is 0 Å². The fourth-order valence-corrected chi connectivity index (χ4v) is 3.38. The first kappa shape index (κ1) is 18.2. The molecule has 1 heterocycles. The molecule has 1 atom stereocenters. The SMILES string of the molecule is Cc1ccc(NC(=O)C(C)(C)C(=O)N2c3ccccc3CC2C)cc1C. The predicted molar refractivity (Wildman–Crippen MR) is 105 cm³/mol. The van der Waals surface area contributed by atoms with E-state index in [2.05, 4.69) is 5.32 Å². The summed E-state index contributed by atoms with van der Waals surface area (Å²) in [5.74, 6) is -0.460. The number of nitrogens with zero attached hydrogens (tertiary/aromatic N) is 1. The van der Waals surface area contributed by atoms with Crippen LogP contribution >= 0.6 is 0 Å². The average molecular weight is 350 g/mol. The number of anilines is 2. The maximum absolute atomic E-state index is 13.3. The zero-order valence-electron chi connectivity index (χ0n) is 16.1. The van der Waals surface area contributed by atoms with Crippen LogP contribution in [-0.2, 0) is 16.0 Å². The van der Waals surface area contributed by atoms with Gasteiger partial charge >= 0.3 is 0 Å². The molecule has 0 aliphatic carbocycles. The minimum atomic E-state index is -1.16. The van der Waals surface area contributed by atoms with E-state index in [1.54, 1.807) is 18.7 Å². The summed E-state index contributed by atoms with van der Waals surface area (Å²) in [5, 5.41) is 2.91. The maximum Gasteiger partial charge on any atom is 0.242 e. The number of rotatable bonds is 3. The van der Waals surface area contributed by atoms with Gasteiger partial charge in [-0.2, -0.15) is 0 Å². The number of carbonyl (C=O) groups excluding carboxylic acids is 2. The first-order chi connectivity index (χ1) is 12.2. The number of carbonyl (C=O) groups is 2. The molecule has 2 aromatic rings. The van der Waals surface area contributed by atoms with Gasteiger partial charge in [0.2, 0.25) is 11.8 Å². The van der Waals surface area contributed by atoms with E-state index in [1.807, 2.05) is 63.2 Å². The van der Waals surface area contributed by atoms with Crippen molar-refractivity contribution in [2.24, 2.45) is 5.41 Å². The Bertz CT molecular complexity index is 870. The van der Waals surface area contributed by atoms with Gasteiger partial charge in [0.1, 0.15) is 5.41 Å². The minimum Gasteiger partial charge on any atom is -0.325 e. The first-order valence-electron chi connectivity index (χ1n) is 9.02. The van der Waals surface area contributed by atoms with Crippen LogP contribution in [0.15, 0.2) is 42.5 Å². The fraction of sp³-hybridized carbons (Fsp3) is 0.364. The van der Waals surface area contributed by atoms with Crippen LogP contribution in [0.2, 0.25) is 0 Å². The largest absolute Gasteiger partial charge is 0.325 e. The minimum absolute atomic E-state index is 0.0496. The van der Waals surface area contributed by atoms with Crippen molar-refractivity contribution in [1.82, 2.24) is 0 Å². The second kappa shape index (κ2) is 6.60. The predicted octanol–water partition coefficient (Wildman–Crippen LogP) is 4.25. The van der Waals surface area contributed by atoms with Crippen LogP contribution in [0, 0.1) is 19.3 Å². The maximum atomic E-state index is 13.3. The van der Waals surface area contributed by atoms with E-state index >= 15 is 0 Å². The van der Waals surface area contributed by atoms with Gasteiger partial charge in [0, 0.05) is 17.4 Å². The van der Waals surface area contributed by atoms with E-state index in [1.165, 1.54) is 5.56 Å². The van der Waals surface area contributed by atoms with Crippen molar-refractivity contribution in [1.29, 1.82) is 0 Å². The van der Waals surface area contributed by atoms with Gasteiger partial charge in [-0.1, -0.05) is 24.3 Å². The average Bonchev–Trinajstić information content (AvgIpc) is 2.93. The van der Waals surface area contributed by atoms with E-state index in [9.17, 15) is 9.59 Å². The molecule has 0 saturated carbocycles. The third-order valence-corrected chi connectivity index (χ3v) is 5.29. The van der Waals surface area contributed by atoms with Gasteiger partial charge in [0.25, 0.3) is 0 Å². The van der Waals surface area contributed by atoms with Crippen molar-refractivity contribution in [3.05, 3.63) is 59.2 Å². The third-order valence-electron chi connectivity index (χ3n) is 5.29. The lowest BCUT2D eigenvalue weighted by atomic mass is 9.89. The van der Waals surface area contributed by atoms with Crippen LogP contribution in [0.5, 0.6) is 0 Å². The molecular formula is C22H26N2O2. The molecule has 2 aromatic carbocycles. The van der Waals surface area contributed by atoms with Crippen LogP contribution in [0.25, 0.3) is 0 Å². The van der Waals surface area contributed by atoms with Gasteiger partial charge in [-0.3, -0.25) is 9.59 Å². The monoisotopic (exact) mass is 350 g/mol. The molecule has 0 radical (unpaired) electrons. The third kappa shape index (κ3) is 3.12. The molecular weight excluding hydrogens is 324 g/mol. The molecule has 1 N–H and O–H groups in total. The number of benzene rings is 2. The Kier molecular flexibility index (Phi) is 4.61. The Morgan fingerprint density at radius 3 is 2.46 bits per heavy atom. The molecule has 136 valence electrons. The molecule has 0 aromatic heterocycles. The lowest BCUT2D eigenvalue weighted by molar-refractivity contribution is -0.136. The van der Waals surface area contributed by atoms with Gasteiger partial charge in [-0.05, 0) is 75.9 Å². The molecule has 0 fully saturated rings. The molecule has 1 aliphatic heterocycles. The van der Waals surface area contributed by atoms with E-state index in [0.717, 1.165) is 23.2 Å². The summed E-state index contributed by atoms with van der Waals surface area (Å²) in [6, 6.07) is 13.7. The number of hydrogen-bond acceptors (Lipinski definition) is 2. The van der Waals surface area contributed by atoms with Gasteiger partial charge in [-0.25, -0.2) is 0 Å². The summed E-state index contributed by atoms with van der Waals surface area (Å²) in [6.07, 6.45) is 0.816. The number of fused-ring (bicyclic) bond motifs is 1. The molecule has 4 nitrogen and oxygen atoms in total. The molecule has 0 spiro atoms. The second-order valence-corrected chi connectivity index (χ2v) is 7.74. The highest BCUT2D eigenvalue weighted by molar-refractivity contribution is 6.15. The Morgan fingerprint density at radius 2 is 1.77 bits per heavy atom. The van der Waals surface area contributed by atoms with Crippen molar-refractivity contribution >= 4 is 23.2 Å². The zero-order valence-corrected chi connectivity index (χ0v) is 16.1. The summed E-state index contributed by atoms with van der Waals surface area (Å²) < 4.78 is 0. The van der Waals surface area contributed by atoms with Crippen LogP contribution in [0.1, 0.15) is 37.5 Å². The highest BCUT2D eigenvalue weighted by Crippen LogP contribution is 2.35. The molecule has 0 saturated heterocycles. The molecule has 1 aliphatic rings. The summed E-state index contributed by atoms with van der Waals surface area (Å²) in [4.78, 5) is 27.9. The smallest absolute Gasteiger partial charge is 0.242 e. The lowest BCUT2D eigenvalue weighted by Gasteiger charge is -2.31. The van der Waals surface area contributed by atoms with Crippen LogP contribution in [0.3, 0.4) is 0 Å². The Labute approximate surface area is 155 Å². The fourth-order valence-electron chi connectivity index (χ4n) is 3.38. The van der Waals surface area contributed by atoms with Crippen LogP contribution in [0.4, 0.5) is 11.4 Å². The molecule has 26 heavy (non-hydrogen) atoms. The molecule has 1 unspecified atom stereocenters. The Balaban J connectivity index is 1.83. The highest BCUT2D eigenvalue weighted by Gasteiger charge is 2.43. The van der Waals surface area contributed by atoms with Gasteiger partial charge < -0.3 is 10.2 Å². The lowest BCUT2D eigenvalue weighted by Crippen LogP contribution is -2.49. The zero-order chi connectivity index (χ0) is 19.1. The number of para-hydroxylation sites is 1. The van der Waals surface area contributed by atoms with Gasteiger partial charge in [0.15, 0.2) is 0 Å². The number of amides is 2. The highest BCUT2D eigenvalue weighted by atomic mass is 16.2. The molecule has 3 rings (SSSR count). The van der Waals surface area contributed by atoms with E-state index in [4.69, 9.17) is 0 Å².